The molecule has 1 saturated heterocycles. The third kappa shape index (κ3) is 4.89. The van der Waals surface area contributed by atoms with Crippen molar-refractivity contribution in [1.29, 1.82) is 0 Å². The molecule has 1 aliphatic heterocycles. The molecule has 33 heavy (non-hydrogen) atoms. The van der Waals surface area contributed by atoms with Crippen molar-refractivity contribution >= 4 is 28.4 Å². The van der Waals surface area contributed by atoms with Crippen LogP contribution in [0.2, 0.25) is 0 Å². The van der Waals surface area contributed by atoms with Crippen molar-refractivity contribution in [2.24, 2.45) is 0 Å². The molecule has 2 heterocycles. The average Bonchev–Trinajstić information content (AvgIpc) is 3.24. The van der Waals surface area contributed by atoms with Crippen LogP contribution in [-0.4, -0.2) is 56.8 Å². The predicted molar refractivity (Wildman–Crippen MR) is 126 cm³/mol. The fourth-order valence-electron chi connectivity index (χ4n) is 4.57. The van der Waals surface area contributed by atoms with Crippen LogP contribution >= 0.6 is 0 Å². The minimum atomic E-state index is -0.417. The molecule has 8 heteroatoms. The molecular weight excluding hydrogens is 420 g/mol. The van der Waals surface area contributed by atoms with Gasteiger partial charge in [-0.2, -0.15) is 0 Å². The van der Waals surface area contributed by atoms with Gasteiger partial charge in [0.15, 0.2) is 0 Å². The zero-order chi connectivity index (χ0) is 23.4. The van der Waals surface area contributed by atoms with Gasteiger partial charge in [-0.3, -0.25) is 19.7 Å². The Balaban J connectivity index is 1.42. The van der Waals surface area contributed by atoms with Gasteiger partial charge < -0.3 is 14.4 Å². The number of rotatable bonds is 7. The third-order valence-electron chi connectivity index (χ3n) is 6.27. The van der Waals surface area contributed by atoms with E-state index in [4.69, 9.17) is 0 Å². The molecule has 0 bridgehead atoms. The second-order valence-corrected chi connectivity index (χ2v) is 8.42. The standard InChI is InChI=1S/C25H28N4O4/c1-2-13-28(21-11-15-26(16-12-21)25(31)19-6-4-3-5-7-19)24(30)18-27-14-10-20-17-22(29(32)33)8-9-23(20)27/h3-10,14,17,21H,2,11-13,15-16,18H2,1H3. The summed E-state index contributed by atoms with van der Waals surface area (Å²) in [5, 5.41) is 11.8. The molecule has 0 saturated carbocycles. The molecule has 0 aliphatic carbocycles. The zero-order valence-corrected chi connectivity index (χ0v) is 18.7. The number of amides is 2. The highest BCUT2D eigenvalue weighted by Crippen LogP contribution is 2.23. The number of nitro groups is 1. The van der Waals surface area contributed by atoms with E-state index in [0.29, 0.717) is 25.2 Å². The molecule has 4 rings (SSSR count). The second kappa shape index (κ2) is 9.85. The molecule has 1 aromatic heterocycles. The van der Waals surface area contributed by atoms with Crippen molar-refractivity contribution in [3.63, 3.8) is 0 Å². The van der Waals surface area contributed by atoms with Gasteiger partial charge in [0, 0.05) is 60.5 Å². The van der Waals surface area contributed by atoms with E-state index in [9.17, 15) is 19.7 Å². The molecule has 0 N–H and O–H groups in total. The van der Waals surface area contributed by atoms with Gasteiger partial charge in [-0.1, -0.05) is 25.1 Å². The molecular formula is C25H28N4O4. The quantitative estimate of drug-likeness (QED) is 0.402. The van der Waals surface area contributed by atoms with Gasteiger partial charge in [-0.15, -0.1) is 0 Å². The maximum atomic E-state index is 13.3. The van der Waals surface area contributed by atoms with E-state index in [-0.39, 0.29) is 30.1 Å². The van der Waals surface area contributed by atoms with E-state index in [1.807, 2.05) is 44.7 Å². The monoisotopic (exact) mass is 448 g/mol. The van der Waals surface area contributed by atoms with E-state index in [2.05, 4.69) is 6.92 Å². The van der Waals surface area contributed by atoms with Gasteiger partial charge in [-0.25, -0.2) is 0 Å². The number of nitro benzene ring substituents is 1. The normalized spacial score (nSPS) is 14.4. The Morgan fingerprint density at radius 1 is 1.09 bits per heavy atom. The Morgan fingerprint density at radius 3 is 2.48 bits per heavy atom. The number of aromatic nitrogens is 1. The zero-order valence-electron chi connectivity index (χ0n) is 18.7. The van der Waals surface area contributed by atoms with Crippen LogP contribution in [0.3, 0.4) is 0 Å². The highest BCUT2D eigenvalue weighted by atomic mass is 16.6. The number of hydrogen-bond donors (Lipinski definition) is 0. The fourth-order valence-corrected chi connectivity index (χ4v) is 4.57. The summed E-state index contributed by atoms with van der Waals surface area (Å²) in [5.74, 6) is 0.0656. The van der Waals surface area contributed by atoms with Crippen LogP contribution in [0.15, 0.2) is 60.8 Å². The van der Waals surface area contributed by atoms with Gasteiger partial charge in [-0.05, 0) is 43.5 Å². The smallest absolute Gasteiger partial charge is 0.270 e. The first-order valence-electron chi connectivity index (χ1n) is 11.3. The lowest BCUT2D eigenvalue weighted by molar-refractivity contribution is -0.384. The Hall–Kier alpha value is -3.68. The highest BCUT2D eigenvalue weighted by Gasteiger charge is 2.29. The van der Waals surface area contributed by atoms with E-state index < -0.39 is 4.92 Å². The summed E-state index contributed by atoms with van der Waals surface area (Å²) in [7, 11) is 0. The van der Waals surface area contributed by atoms with Crippen LogP contribution in [0.1, 0.15) is 36.5 Å². The molecule has 0 atom stereocenters. The van der Waals surface area contributed by atoms with Crippen LogP contribution in [0.25, 0.3) is 10.9 Å². The third-order valence-corrected chi connectivity index (χ3v) is 6.27. The Morgan fingerprint density at radius 2 is 1.82 bits per heavy atom. The summed E-state index contributed by atoms with van der Waals surface area (Å²) in [6, 6.07) is 15.9. The number of carbonyl (C=O) groups excluding carboxylic acids is 2. The van der Waals surface area contributed by atoms with Crippen molar-refractivity contribution < 1.29 is 14.5 Å². The molecule has 0 spiro atoms. The van der Waals surface area contributed by atoms with Gasteiger partial charge >= 0.3 is 0 Å². The van der Waals surface area contributed by atoms with E-state index >= 15 is 0 Å². The first-order valence-corrected chi connectivity index (χ1v) is 11.3. The number of piperidine rings is 1. The SMILES string of the molecule is CCCN(C(=O)Cn1ccc2cc([N+](=O)[O-])ccc21)C1CCN(C(=O)c2ccccc2)CC1. The number of likely N-dealkylation sites (tertiary alicyclic amines) is 1. The summed E-state index contributed by atoms with van der Waals surface area (Å²) < 4.78 is 1.85. The lowest BCUT2D eigenvalue weighted by Gasteiger charge is -2.38. The Labute approximate surface area is 192 Å². The number of carbonyl (C=O) groups is 2. The number of fused-ring (bicyclic) bond motifs is 1. The van der Waals surface area contributed by atoms with Crippen molar-refractivity contribution in [3.8, 4) is 0 Å². The van der Waals surface area contributed by atoms with Crippen LogP contribution < -0.4 is 0 Å². The summed E-state index contributed by atoms with van der Waals surface area (Å²) in [4.78, 5) is 40.4. The molecule has 8 nitrogen and oxygen atoms in total. The molecule has 172 valence electrons. The van der Waals surface area contributed by atoms with Crippen LogP contribution in [0, 0.1) is 10.1 Å². The fraction of sp³-hybridized carbons (Fsp3) is 0.360. The Bertz CT molecular complexity index is 1150. The Kier molecular flexibility index (Phi) is 6.72. The minimum Gasteiger partial charge on any atom is -0.338 e. The van der Waals surface area contributed by atoms with Gasteiger partial charge in [0.2, 0.25) is 5.91 Å². The molecule has 2 aromatic carbocycles. The first-order chi connectivity index (χ1) is 16.0. The number of benzene rings is 2. The molecule has 2 amide bonds. The molecule has 3 aromatic rings. The van der Waals surface area contributed by atoms with E-state index in [1.54, 1.807) is 18.3 Å². The van der Waals surface area contributed by atoms with Crippen LogP contribution in [0.5, 0.6) is 0 Å². The average molecular weight is 449 g/mol. The second-order valence-electron chi connectivity index (χ2n) is 8.42. The molecule has 1 fully saturated rings. The van der Waals surface area contributed by atoms with E-state index in [0.717, 1.165) is 30.2 Å². The van der Waals surface area contributed by atoms with Crippen molar-refractivity contribution in [1.82, 2.24) is 14.4 Å². The molecule has 1 aliphatic rings. The summed E-state index contributed by atoms with van der Waals surface area (Å²) in [5.41, 5.74) is 1.53. The van der Waals surface area contributed by atoms with Gasteiger partial charge in [0.05, 0.1) is 4.92 Å². The summed E-state index contributed by atoms with van der Waals surface area (Å²) in [6.07, 6.45) is 4.16. The van der Waals surface area contributed by atoms with Gasteiger partial charge in [0.1, 0.15) is 6.54 Å². The maximum absolute atomic E-state index is 13.3. The lowest BCUT2D eigenvalue weighted by atomic mass is 10.0. The molecule has 0 radical (unpaired) electrons. The highest BCUT2D eigenvalue weighted by molar-refractivity contribution is 5.94. The number of hydrogen-bond acceptors (Lipinski definition) is 4. The lowest BCUT2D eigenvalue weighted by Crippen LogP contribution is -2.49. The predicted octanol–water partition coefficient (Wildman–Crippen LogP) is 4.09. The topological polar surface area (TPSA) is 88.7 Å². The maximum Gasteiger partial charge on any atom is 0.270 e. The van der Waals surface area contributed by atoms with Crippen LogP contribution in [0.4, 0.5) is 5.69 Å². The number of nitrogens with zero attached hydrogens (tertiary/aromatic N) is 4. The minimum absolute atomic E-state index is 0.0283. The van der Waals surface area contributed by atoms with Crippen molar-refractivity contribution in [3.05, 3.63) is 76.5 Å². The van der Waals surface area contributed by atoms with Crippen molar-refractivity contribution in [2.75, 3.05) is 19.6 Å². The first kappa shape index (κ1) is 22.5. The largest absolute Gasteiger partial charge is 0.338 e. The summed E-state index contributed by atoms with van der Waals surface area (Å²) >= 11 is 0. The van der Waals surface area contributed by atoms with Crippen LogP contribution in [-0.2, 0) is 11.3 Å². The summed E-state index contributed by atoms with van der Waals surface area (Å²) in [6.45, 7) is 4.16. The molecule has 0 unspecified atom stereocenters. The van der Waals surface area contributed by atoms with Crippen molar-refractivity contribution in [2.45, 2.75) is 38.8 Å². The van der Waals surface area contributed by atoms with Gasteiger partial charge in [0.25, 0.3) is 11.6 Å². The van der Waals surface area contributed by atoms with E-state index in [1.165, 1.54) is 12.1 Å². The number of non-ortho nitro benzene ring substituents is 1.